The molecule has 3 aliphatic carbocycles. The minimum absolute atomic E-state index is 0.0380. The minimum atomic E-state index is -0.0949. The van der Waals surface area contributed by atoms with E-state index in [1.807, 2.05) is 0 Å². The fraction of sp³-hybridized carbons (Fsp3) is 0.492. The Morgan fingerprint density at radius 3 is 1.60 bits per heavy atom. The van der Waals surface area contributed by atoms with E-state index < -0.39 is 0 Å². The van der Waals surface area contributed by atoms with Crippen molar-refractivity contribution in [2.24, 2.45) is 0 Å². The zero-order valence-corrected chi connectivity index (χ0v) is 44.3. The van der Waals surface area contributed by atoms with Crippen LogP contribution in [-0.4, -0.2) is 6.71 Å². The van der Waals surface area contributed by atoms with Crippen LogP contribution in [0.4, 0.5) is 34.1 Å². The van der Waals surface area contributed by atoms with Crippen LogP contribution in [0.1, 0.15) is 199 Å². The van der Waals surface area contributed by atoms with Gasteiger partial charge in [0.05, 0.1) is 11.3 Å². The van der Waals surface area contributed by atoms with Crippen LogP contribution in [0.5, 0.6) is 0 Å². The van der Waals surface area contributed by atoms with Gasteiger partial charge in [0, 0.05) is 33.8 Å². The van der Waals surface area contributed by atoms with Crippen LogP contribution in [0, 0.1) is 6.92 Å². The van der Waals surface area contributed by atoms with Crippen LogP contribution in [0.15, 0.2) is 77.2 Å². The first-order valence-corrected chi connectivity index (χ1v) is 26.0. The fourth-order valence-electron chi connectivity index (χ4n) is 13.5. The Labute approximate surface area is 404 Å². The van der Waals surface area contributed by atoms with Crippen LogP contribution in [0.3, 0.4) is 0 Å². The van der Waals surface area contributed by atoms with Gasteiger partial charge in [-0.25, -0.2) is 0 Å². The number of fused-ring (bicyclic) bond motifs is 9. The lowest BCUT2D eigenvalue weighted by atomic mass is 9.35. The van der Waals surface area contributed by atoms with Gasteiger partial charge in [-0.1, -0.05) is 135 Å². The Bertz CT molecular complexity index is 3090. The number of anilines is 6. The molecule has 6 aromatic rings. The summed E-state index contributed by atoms with van der Waals surface area (Å²) in [6.45, 7) is 41.2. The van der Waals surface area contributed by atoms with E-state index in [-0.39, 0.29) is 44.6 Å². The summed E-state index contributed by atoms with van der Waals surface area (Å²) in [6, 6.07) is 30.2. The molecule has 0 N–H and O–H groups in total. The largest absolute Gasteiger partial charge is 0.468 e. The molecule has 0 fully saturated rings. The highest BCUT2D eigenvalue weighted by atomic mass is 16.3. The first kappa shape index (κ1) is 44.8. The van der Waals surface area contributed by atoms with E-state index >= 15 is 0 Å². The van der Waals surface area contributed by atoms with Gasteiger partial charge < -0.3 is 14.2 Å². The van der Waals surface area contributed by atoms with Gasteiger partial charge in [-0.15, -0.1) is 0 Å². The van der Waals surface area contributed by atoms with E-state index in [1.54, 1.807) is 0 Å². The first-order chi connectivity index (χ1) is 31.1. The monoisotopic (exact) mass is 889 g/mol. The molecule has 67 heavy (non-hydrogen) atoms. The Hall–Kier alpha value is -4.70. The van der Waals surface area contributed by atoms with Crippen molar-refractivity contribution in [3.05, 3.63) is 123 Å². The van der Waals surface area contributed by atoms with Gasteiger partial charge in [0.1, 0.15) is 5.58 Å². The molecule has 2 aliphatic heterocycles. The van der Waals surface area contributed by atoms with Crippen molar-refractivity contribution >= 4 is 68.4 Å². The second-order valence-electron chi connectivity index (χ2n) is 27.0. The van der Waals surface area contributed by atoms with E-state index in [2.05, 4.69) is 200 Å². The van der Waals surface area contributed by atoms with Crippen LogP contribution < -0.4 is 26.4 Å². The van der Waals surface area contributed by atoms with Crippen LogP contribution in [-0.2, 0) is 44.3 Å². The Kier molecular flexibility index (Phi) is 9.34. The number of benzene rings is 5. The van der Waals surface area contributed by atoms with E-state index in [0.29, 0.717) is 0 Å². The van der Waals surface area contributed by atoms with Crippen molar-refractivity contribution in [2.45, 2.75) is 201 Å². The Morgan fingerprint density at radius 1 is 0.522 bits per heavy atom. The molecule has 0 unspecified atom stereocenters. The molecule has 0 radical (unpaired) electrons. The second kappa shape index (κ2) is 14.0. The molecule has 348 valence electrons. The molecule has 4 heteroatoms. The van der Waals surface area contributed by atoms with Gasteiger partial charge in [0.25, 0.3) is 6.71 Å². The molecule has 0 spiro atoms. The third-order valence-corrected chi connectivity index (χ3v) is 18.5. The quantitative estimate of drug-likeness (QED) is 0.165. The maximum absolute atomic E-state index is 7.67. The standard InChI is InChI=1S/C63H77BN2O/c1-18-38-30-51-54-52(31-38)66(50-35-46-43(29-37(50)2)59(8,9)25-27-62(46,14)15)49-22-19-39(57(3,4)5)32-48(49)64(54)56-55(41-34-45-47(36-53(41)67-56)63(16,17)28-26-61(45,12)13)65(51)40-20-21-42-44(33-40)60(10,11)24-23-58(42,6)7/h19-22,29-36H,18,23-28H2,1-17H3. The molecule has 5 aliphatic rings. The fourth-order valence-corrected chi connectivity index (χ4v) is 13.5. The van der Waals surface area contributed by atoms with Crippen molar-refractivity contribution in [2.75, 3.05) is 9.80 Å². The Morgan fingerprint density at radius 2 is 1.03 bits per heavy atom. The van der Waals surface area contributed by atoms with Gasteiger partial charge in [0.2, 0.25) is 0 Å². The average Bonchev–Trinajstić information content (AvgIpc) is 3.63. The van der Waals surface area contributed by atoms with E-state index in [4.69, 9.17) is 4.42 Å². The highest BCUT2D eigenvalue weighted by molar-refractivity contribution is 7.00. The van der Waals surface area contributed by atoms with Gasteiger partial charge in [-0.2, -0.15) is 0 Å². The first-order valence-electron chi connectivity index (χ1n) is 26.0. The number of rotatable bonds is 3. The summed E-state index contributed by atoms with van der Waals surface area (Å²) in [5.41, 5.74) is 25.7. The topological polar surface area (TPSA) is 19.6 Å². The third kappa shape index (κ3) is 6.49. The van der Waals surface area contributed by atoms with E-state index in [9.17, 15) is 0 Å². The van der Waals surface area contributed by atoms with Crippen molar-refractivity contribution in [3.8, 4) is 0 Å². The molecule has 0 atom stereocenters. The summed E-state index contributed by atoms with van der Waals surface area (Å²) < 4.78 is 7.67. The van der Waals surface area contributed by atoms with Gasteiger partial charge in [-0.3, -0.25) is 0 Å². The highest BCUT2D eigenvalue weighted by Gasteiger charge is 2.49. The molecule has 11 rings (SSSR count). The third-order valence-electron chi connectivity index (χ3n) is 18.5. The smallest absolute Gasteiger partial charge is 0.297 e. The Balaban J connectivity index is 1.28. The number of hydrogen-bond acceptors (Lipinski definition) is 3. The lowest BCUT2D eigenvalue weighted by Crippen LogP contribution is -2.61. The summed E-state index contributed by atoms with van der Waals surface area (Å²) in [4.78, 5) is 5.35. The van der Waals surface area contributed by atoms with E-state index in [0.717, 1.165) is 17.7 Å². The number of hydrogen-bond donors (Lipinski definition) is 0. The molecule has 0 saturated carbocycles. The second-order valence-corrected chi connectivity index (χ2v) is 27.0. The van der Waals surface area contributed by atoms with Crippen molar-refractivity contribution in [3.63, 3.8) is 0 Å². The molecular formula is C63H77BN2O. The molecule has 1 aromatic heterocycles. The molecule has 5 aromatic carbocycles. The summed E-state index contributed by atoms with van der Waals surface area (Å²) in [7, 11) is 0. The van der Waals surface area contributed by atoms with Crippen molar-refractivity contribution in [1.29, 1.82) is 0 Å². The summed E-state index contributed by atoms with van der Waals surface area (Å²) >= 11 is 0. The molecular weight excluding hydrogens is 812 g/mol. The molecule has 0 amide bonds. The zero-order valence-electron chi connectivity index (χ0n) is 44.3. The molecule has 3 nitrogen and oxygen atoms in total. The van der Waals surface area contributed by atoms with Gasteiger partial charge in [0.15, 0.2) is 0 Å². The molecule has 3 heterocycles. The van der Waals surface area contributed by atoms with Crippen LogP contribution in [0.2, 0.25) is 0 Å². The number of aryl methyl sites for hydroxylation is 2. The SMILES string of the molecule is CCc1cc2c3c(c1)N(c1ccc4c(c1)C(C)(C)CCC4(C)C)c1c(oc4cc5c(cc14)C(C)(C)CCC5(C)C)B3c1cc(C(C)(C)C)ccc1N2c1cc2c(cc1C)C(C)(C)CCC2(C)C. The zero-order chi connectivity index (χ0) is 47.9. The highest BCUT2D eigenvalue weighted by Crippen LogP contribution is 2.55. The van der Waals surface area contributed by atoms with Crippen molar-refractivity contribution < 1.29 is 4.42 Å². The van der Waals surface area contributed by atoms with Crippen molar-refractivity contribution in [1.82, 2.24) is 0 Å². The summed E-state index contributed by atoms with van der Waals surface area (Å²) in [5, 5.41) is 1.23. The molecule has 0 bridgehead atoms. The van der Waals surface area contributed by atoms with Gasteiger partial charge >= 0.3 is 0 Å². The summed E-state index contributed by atoms with van der Waals surface area (Å²) in [6.07, 6.45) is 8.02. The molecule has 0 saturated heterocycles. The lowest BCUT2D eigenvalue weighted by Gasteiger charge is -2.46. The number of furan rings is 1. The summed E-state index contributed by atoms with van der Waals surface area (Å²) in [5.74, 6) is 0. The lowest BCUT2D eigenvalue weighted by molar-refractivity contribution is 0.332. The normalized spacial score (nSPS) is 20.9. The maximum atomic E-state index is 7.67. The predicted molar refractivity (Wildman–Crippen MR) is 289 cm³/mol. The van der Waals surface area contributed by atoms with Gasteiger partial charge in [-0.05, 0) is 199 Å². The van der Waals surface area contributed by atoms with Crippen LogP contribution >= 0.6 is 0 Å². The minimum Gasteiger partial charge on any atom is -0.468 e. The van der Waals surface area contributed by atoms with Crippen LogP contribution in [0.25, 0.3) is 11.0 Å². The average molecular weight is 889 g/mol. The van der Waals surface area contributed by atoms with E-state index in [1.165, 1.54) is 139 Å². The maximum Gasteiger partial charge on any atom is 0.297 e. The number of nitrogens with zero attached hydrogens (tertiary/aromatic N) is 2. The predicted octanol–water partition coefficient (Wildman–Crippen LogP) is 15.7.